The van der Waals surface area contributed by atoms with Gasteiger partial charge in [-0.05, 0) is 18.2 Å². The molecule has 1 saturated heterocycles. The third kappa shape index (κ3) is 2.37. The standard InChI is InChI=1S/C14H16N4O/c15-13-12(18-6-8-19-9-7-18)3-5-17-14(13)11-2-1-4-16-10-11/h1-5,10H,6-9,15H2. The van der Waals surface area contributed by atoms with Gasteiger partial charge in [-0.25, -0.2) is 0 Å². The highest BCUT2D eigenvalue weighted by Crippen LogP contribution is 2.31. The van der Waals surface area contributed by atoms with Gasteiger partial charge in [-0.3, -0.25) is 9.97 Å². The summed E-state index contributed by atoms with van der Waals surface area (Å²) in [5.41, 5.74) is 9.73. The number of ether oxygens (including phenoxy) is 1. The Bertz CT molecular complexity index is 553. The molecule has 0 spiro atoms. The molecule has 3 rings (SSSR count). The van der Waals surface area contributed by atoms with Gasteiger partial charge in [0.1, 0.15) is 0 Å². The number of nitrogen functional groups attached to an aromatic ring is 1. The van der Waals surface area contributed by atoms with Crippen LogP contribution in [0.2, 0.25) is 0 Å². The molecule has 5 heteroatoms. The molecule has 2 N–H and O–H groups in total. The summed E-state index contributed by atoms with van der Waals surface area (Å²) in [6.07, 6.45) is 5.32. The van der Waals surface area contributed by atoms with Crippen LogP contribution < -0.4 is 10.6 Å². The van der Waals surface area contributed by atoms with Gasteiger partial charge in [0.05, 0.1) is 30.3 Å². The molecular weight excluding hydrogens is 240 g/mol. The van der Waals surface area contributed by atoms with Gasteiger partial charge < -0.3 is 15.4 Å². The summed E-state index contributed by atoms with van der Waals surface area (Å²) < 4.78 is 5.37. The smallest absolute Gasteiger partial charge is 0.0967 e. The monoisotopic (exact) mass is 256 g/mol. The average Bonchev–Trinajstić information content (AvgIpc) is 2.49. The Balaban J connectivity index is 1.99. The van der Waals surface area contributed by atoms with Gasteiger partial charge in [0, 0.05) is 37.2 Å². The van der Waals surface area contributed by atoms with E-state index < -0.39 is 0 Å². The fourth-order valence-corrected chi connectivity index (χ4v) is 2.28. The molecule has 0 saturated carbocycles. The molecule has 19 heavy (non-hydrogen) atoms. The fourth-order valence-electron chi connectivity index (χ4n) is 2.28. The molecule has 0 atom stereocenters. The van der Waals surface area contributed by atoms with Crippen molar-refractivity contribution >= 4 is 11.4 Å². The maximum atomic E-state index is 6.27. The lowest BCUT2D eigenvalue weighted by atomic mass is 10.1. The summed E-state index contributed by atoms with van der Waals surface area (Å²) in [5.74, 6) is 0. The lowest BCUT2D eigenvalue weighted by Gasteiger charge is -2.30. The quantitative estimate of drug-likeness (QED) is 0.883. The van der Waals surface area contributed by atoms with Crippen molar-refractivity contribution in [2.24, 2.45) is 0 Å². The van der Waals surface area contributed by atoms with Gasteiger partial charge in [0.15, 0.2) is 0 Å². The van der Waals surface area contributed by atoms with E-state index in [1.807, 2.05) is 18.2 Å². The number of anilines is 2. The third-order valence-corrected chi connectivity index (χ3v) is 3.25. The Morgan fingerprint density at radius 3 is 2.74 bits per heavy atom. The lowest BCUT2D eigenvalue weighted by Crippen LogP contribution is -2.36. The summed E-state index contributed by atoms with van der Waals surface area (Å²) >= 11 is 0. The van der Waals surface area contributed by atoms with Crippen LogP contribution in [0, 0.1) is 0 Å². The van der Waals surface area contributed by atoms with Crippen molar-refractivity contribution in [2.75, 3.05) is 36.9 Å². The minimum Gasteiger partial charge on any atom is -0.395 e. The zero-order valence-corrected chi connectivity index (χ0v) is 10.6. The van der Waals surface area contributed by atoms with E-state index in [-0.39, 0.29) is 0 Å². The van der Waals surface area contributed by atoms with Crippen LogP contribution in [0.1, 0.15) is 0 Å². The minimum absolute atomic E-state index is 0.706. The van der Waals surface area contributed by atoms with Gasteiger partial charge in [0.2, 0.25) is 0 Å². The van der Waals surface area contributed by atoms with Crippen LogP contribution in [0.4, 0.5) is 11.4 Å². The second kappa shape index (κ2) is 5.24. The largest absolute Gasteiger partial charge is 0.395 e. The fraction of sp³-hybridized carbons (Fsp3) is 0.286. The number of hydrogen-bond donors (Lipinski definition) is 1. The SMILES string of the molecule is Nc1c(N2CCOCC2)ccnc1-c1cccnc1. The summed E-state index contributed by atoms with van der Waals surface area (Å²) in [6.45, 7) is 3.20. The van der Waals surface area contributed by atoms with Crippen molar-refractivity contribution in [1.29, 1.82) is 0 Å². The van der Waals surface area contributed by atoms with Gasteiger partial charge in [-0.2, -0.15) is 0 Å². The molecule has 1 aliphatic rings. The van der Waals surface area contributed by atoms with Crippen LogP contribution in [0.15, 0.2) is 36.8 Å². The zero-order chi connectivity index (χ0) is 13.1. The molecule has 1 aliphatic heterocycles. The molecule has 0 aromatic carbocycles. The van der Waals surface area contributed by atoms with Crippen LogP contribution >= 0.6 is 0 Å². The van der Waals surface area contributed by atoms with E-state index >= 15 is 0 Å². The van der Waals surface area contributed by atoms with E-state index in [4.69, 9.17) is 10.5 Å². The number of aromatic nitrogens is 2. The molecule has 0 aliphatic carbocycles. The van der Waals surface area contributed by atoms with Crippen molar-refractivity contribution in [1.82, 2.24) is 9.97 Å². The van der Waals surface area contributed by atoms with Crippen LogP contribution in [-0.4, -0.2) is 36.3 Å². The number of rotatable bonds is 2. The molecule has 98 valence electrons. The van der Waals surface area contributed by atoms with E-state index in [1.54, 1.807) is 18.6 Å². The first-order valence-electron chi connectivity index (χ1n) is 6.34. The second-order valence-corrected chi connectivity index (χ2v) is 4.43. The first kappa shape index (κ1) is 11.9. The molecule has 5 nitrogen and oxygen atoms in total. The van der Waals surface area contributed by atoms with E-state index in [1.165, 1.54) is 0 Å². The maximum absolute atomic E-state index is 6.27. The molecule has 0 bridgehead atoms. The minimum atomic E-state index is 0.706. The van der Waals surface area contributed by atoms with Crippen LogP contribution in [0.5, 0.6) is 0 Å². The van der Waals surface area contributed by atoms with Gasteiger partial charge in [-0.1, -0.05) is 0 Å². The maximum Gasteiger partial charge on any atom is 0.0967 e. The van der Waals surface area contributed by atoms with Crippen molar-refractivity contribution < 1.29 is 4.74 Å². The first-order valence-corrected chi connectivity index (χ1v) is 6.34. The highest BCUT2D eigenvalue weighted by Gasteiger charge is 2.16. The zero-order valence-electron chi connectivity index (χ0n) is 10.6. The lowest BCUT2D eigenvalue weighted by molar-refractivity contribution is 0.123. The van der Waals surface area contributed by atoms with Crippen molar-refractivity contribution in [3.05, 3.63) is 36.8 Å². The molecular formula is C14H16N4O. The highest BCUT2D eigenvalue weighted by atomic mass is 16.5. The Morgan fingerprint density at radius 2 is 2.00 bits per heavy atom. The molecule has 1 fully saturated rings. The average molecular weight is 256 g/mol. The summed E-state index contributed by atoms with van der Waals surface area (Å²) in [5, 5.41) is 0. The van der Waals surface area contributed by atoms with Crippen LogP contribution in [0.3, 0.4) is 0 Å². The second-order valence-electron chi connectivity index (χ2n) is 4.43. The predicted octanol–water partition coefficient (Wildman–Crippen LogP) is 1.56. The third-order valence-electron chi connectivity index (χ3n) is 3.25. The number of nitrogens with zero attached hydrogens (tertiary/aromatic N) is 3. The highest BCUT2D eigenvalue weighted by molar-refractivity contribution is 5.82. The normalized spacial score (nSPS) is 15.5. The molecule has 0 radical (unpaired) electrons. The number of nitrogens with two attached hydrogens (primary N) is 1. The van der Waals surface area contributed by atoms with Gasteiger partial charge in [0.25, 0.3) is 0 Å². The Kier molecular flexibility index (Phi) is 3.29. The van der Waals surface area contributed by atoms with E-state index in [0.717, 1.165) is 43.2 Å². The first-order chi connectivity index (χ1) is 9.36. The summed E-state index contributed by atoms with van der Waals surface area (Å²) in [7, 11) is 0. The van der Waals surface area contributed by atoms with Crippen molar-refractivity contribution in [3.63, 3.8) is 0 Å². The summed E-state index contributed by atoms with van der Waals surface area (Å²) in [4.78, 5) is 10.7. The molecule has 2 aromatic heterocycles. The van der Waals surface area contributed by atoms with Gasteiger partial charge in [-0.15, -0.1) is 0 Å². The molecule has 0 amide bonds. The predicted molar refractivity (Wildman–Crippen MR) is 74.9 cm³/mol. The van der Waals surface area contributed by atoms with Crippen LogP contribution in [0.25, 0.3) is 11.3 Å². The Morgan fingerprint density at radius 1 is 1.16 bits per heavy atom. The van der Waals surface area contributed by atoms with E-state index in [9.17, 15) is 0 Å². The van der Waals surface area contributed by atoms with E-state index in [0.29, 0.717) is 5.69 Å². The van der Waals surface area contributed by atoms with Crippen molar-refractivity contribution in [2.45, 2.75) is 0 Å². The van der Waals surface area contributed by atoms with Crippen LogP contribution in [-0.2, 0) is 4.74 Å². The number of morpholine rings is 1. The summed E-state index contributed by atoms with van der Waals surface area (Å²) in [6, 6.07) is 5.81. The number of hydrogen-bond acceptors (Lipinski definition) is 5. The molecule has 2 aromatic rings. The topological polar surface area (TPSA) is 64.3 Å². The molecule has 3 heterocycles. The Labute approximate surface area is 112 Å². The molecule has 0 unspecified atom stereocenters. The van der Waals surface area contributed by atoms with E-state index in [2.05, 4.69) is 14.9 Å². The number of pyridine rings is 2. The Hall–Kier alpha value is -2.14. The van der Waals surface area contributed by atoms with Crippen molar-refractivity contribution in [3.8, 4) is 11.3 Å². The van der Waals surface area contributed by atoms with Gasteiger partial charge >= 0.3 is 0 Å².